The minimum atomic E-state index is -2.01. The largest absolute Gasteiger partial charge is 0.496 e. The number of methoxy groups -OCH3 is 1. The number of rotatable bonds is 6. The van der Waals surface area contributed by atoms with Crippen molar-refractivity contribution in [2.45, 2.75) is 25.9 Å². The molecule has 1 atom stereocenters. The highest BCUT2D eigenvalue weighted by Gasteiger charge is 2.30. The van der Waals surface area contributed by atoms with Crippen LogP contribution in [0.1, 0.15) is 19.4 Å². The number of amides is 2. The molecule has 0 aliphatic rings. The summed E-state index contributed by atoms with van der Waals surface area (Å²) >= 11 is 0. The number of carboxylic acid groups (broad SMARTS) is 1. The molecule has 7 nitrogen and oxygen atoms in total. The molecule has 0 aliphatic carbocycles. The van der Waals surface area contributed by atoms with E-state index in [-0.39, 0.29) is 0 Å². The molecule has 0 radical (unpaired) electrons. The number of benzene rings is 1. The average molecular weight is 296 g/mol. The van der Waals surface area contributed by atoms with E-state index in [4.69, 9.17) is 9.84 Å². The zero-order chi connectivity index (χ0) is 16.0. The van der Waals surface area contributed by atoms with Gasteiger partial charge < -0.3 is 25.6 Å². The smallest absolute Gasteiger partial charge is 0.337 e. The van der Waals surface area contributed by atoms with Crippen molar-refractivity contribution in [2.24, 2.45) is 0 Å². The number of nitrogens with one attached hydrogen (secondary N) is 2. The Kier molecular flexibility index (Phi) is 5.54. The fraction of sp³-hybridized carbons (Fsp3) is 0.429. The second-order valence-electron chi connectivity index (χ2n) is 4.77. The lowest BCUT2D eigenvalue weighted by atomic mass is 10.1. The van der Waals surface area contributed by atoms with Crippen molar-refractivity contribution in [3.63, 3.8) is 0 Å². The van der Waals surface area contributed by atoms with Crippen molar-refractivity contribution >= 4 is 17.7 Å². The van der Waals surface area contributed by atoms with Gasteiger partial charge in [0, 0.05) is 11.8 Å². The number of aryl methyl sites for hydroxylation is 1. The van der Waals surface area contributed by atoms with Gasteiger partial charge in [0.25, 0.3) is 0 Å². The summed E-state index contributed by atoms with van der Waals surface area (Å²) in [6.45, 7) is 2.69. The summed E-state index contributed by atoms with van der Waals surface area (Å²) in [5.74, 6) is -0.746. The second kappa shape index (κ2) is 6.94. The van der Waals surface area contributed by atoms with Crippen molar-refractivity contribution in [3.05, 3.63) is 23.8 Å². The Bertz CT molecular complexity index is 528. The number of aliphatic carboxylic acids is 1. The molecule has 0 bridgehead atoms. The maximum atomic E-state index is 11.7. The minimum absolute atomic E-state index is 0.404. The van der Waals surface area contributed by atoms with Gasteiger partial charge in [-0.05, 0) is 25.0 Å². The number of aliphatic hydroxyl groups is 1. The van der Waals surface area contributed by atoms with Crippen molar-refractivity contribution in [2.75, 3.05) is 19.0 Å². The van der Waals surface area contributed by atoms with E-state index in [9.17, 15) is 14.7 Å². The van der Waals surface area contributed by atoms with E-state index < -0.39 is 24.1 Å². The van der Waals surface area contributed by atoms with Crippen LogP contribution in [0.25, 0.3) is 0 Å². The molecule has 0 heterocycles. The maximum absolute atomic E-state index is 11.7. The van der Waals surface area contributed by atoms with Gasteiger partial charge in [-0.3, -0.25) is 0 Å². The first kappa shape index (κ1) is 16.8. The van der Waals surface area contributed by atoms with Crippen LogP contribution in [-0.2, 0) is 11.2 Å². The van der Waals surface area contributed by atoms with Crippen LogP contribution in [0, 0.1) is 0 Å². The number of carbonyl (C=O) groups excluding carboxylic acids is 1. The molecule has 1 rings (SSSR count). The molecule has 0 saturated heterocycles. The van der Waals surface area contributed by atoms with Crippen LogP contribution in [-0.4, -0.2) is 41.5 Å². The van der Waals surface area contributed by atoms with Gasteiger partial charge in [-0.2, -0.15) is 0 Å². The minimum Gasteiger partial charge on any atom is -0.496 e. The van der Waals surface area contributed by atoms with E-state index in [0.29, 0.717) is 11.4 Å². The summed E-state index contributed by atoms with van der Waals surface area (Å²) in [4.78, 5) is 22.4. The molecule has 4 N–H and O–H groups in total. The summed E-state index contributed by atoms with van der Waals surface area (Å²) in [6.07, 6.45) is 0.803. The van der Waals surface area contributed by atoms with E-state index in [1.807, 2.05) is 13.0 Å². The third-order valence-corrected chi connectivity index (χ3v) is 2.98. The van der Waals surface area contributed by atoms with Crippen LogP contribution >= 0.6 is 0 Å². The Hall–Kier alpha value is -2.28. The number of hydrogen-bond acceptors (Lipinski definition) is 4. The fourth-order valence-corrected chi connectivity index (χ4v) is 1.62. The molecule has 1 aromatic carbocycles. The fourth-order valence-electron chi connectivity index (χ4n) is 1.62. The molecule has 0 spiro atoms. The highest BCUT2D eigenvalue weighted by atomic mass is 16.5. The first-order valence-corrected chi connectivity index (χ1v) is 6.47. The quantitative estimate of drug-likeness (QED) is 0.631. The van der Waals surface area contributed by atoms with Gasteiger partial charge in [-0.25, -0.2) is 9.59 Å². The van der Waals surface area contributed by atoms with Crippen molar-refractivity contribution < 1.29 is 24.5 Å². The highest BCUT2D eigenvalue weighted by Crippen LogP contribution is 2.23. The molecule has 116 valence electrons. The summed E-state index contributed by atoms with van der Waals surface area (Å²) < 4.78 is 5.21. The van der Waals surface area contributed by atoms with Gasteiger partial charge >= 0.3 is 12.0 Å². The van der Waals surface area contributed by atoms with Crippen LogP contribution in [0.4, 0.5) is 10.5 Å². The Balaban J connectivity index is 2.65. The number of carboxylic acids is 1. The van der Waals surface area contributed by atoms with Gasteiger partial charge in [-0.15, -0.1) is 0 Å². The molecule has 2 amide bonds. The number of ether oxygens (including phenoxy) is 1. The predicted molar refractivity (Wildman–Crippen MR) is 77.7 cm³/mol. The monoisotopic (exact) mass is 296 g/mol. The highest BCUT2D eigenvalue weighted by molar-refractivity contribution is 5.90. The van der Waals surface area contributed by atoms with Gasteiger partial charge in [0.05, 0.1) is 13.7 Å². The molecule has 1 unspecified atom stereocenters. The Morgan fingerprint density at radius 3 is 2.57 bits per heavy atom. The summed E-state index contributed by atoms with van der Waals surface area (Å²) in [5, 5.41) is 23.1. The molecule has 7 heteroatoms. The molecule has 0 fully saturated rings. The SMILES string of the molecule is CCc1ccc(NC(=O)NCC(C)(O)C(=O)O)cc1OC. The van der Waals surface area contributed by atoms with E-state index in [2.05, 4.69) is 10.6 Å². The molecule has 1 aromatic rings. The molecule has 0 saturated carbocycles. The van der Waals surface area contributed by atoms with Crippen LogP contribution < -0.4 is 15.4 Å². The van der Waals surface area contributed by atoms with E-state index >= 15 is 0 Å². The lowest BCUT2D eigenvalue weighted by Gasteiger charge is -2.18. The van der Waals surface area contributed by atoms with Gasteiger partial charge in [-0.1, -0.05) is 13.0 Å². The number of carbonyl (C=O) groups is 2. The van der Waals surface area contributed by atoms with Gasteiger partial charge in [0.2, 0.25) is 0 Å². The van der Waals surface area contributed by atoms with Crippen LogP contribution in [0.5, 0.6) is 5.75 Å². The Morgan fingerprint density at radius 1 is 1.38 bits per heavy atom. The zero-order valence-electron chi connectivity index (χ0n) is 12.3. The normalized spacial score (nSPS) is 13.1. The molecule has 0 aliphatic heterocycles. The first-order chi connectivity index (χ1) is 9.80. The average Bonchev–Trinajstić information content (AvgIpc) is 2.45. The molecule has 21 heavy (non-hydrogen) atoms. The Morgan fingerprint density at radius 2 is 2.05 bits per heavy atom. The van der Waals surface area contributed by atoms with E-state index in [1.54, 1.807) is 19.2 Å². The molecule has 0 aromatic heterocycles. The third kappa shape index (κ3) is 4.64. The summed E-state index contributed by atoms with van der Waals surface area (Å²) in [7, 11) is 1.54. The Labute approximate surface area is 122 Å². The number of urea groups is 1. The predicted octanol–water partition coefficient (Wildman–Crippen LogP) is 1.21. The van der Waals surface area contributed by atoms with Crippen molar-refractivity contribution in [3.8, 4) is 5.75 Å². The lowest BCUT2D eigenvalue weighted by Crippen LogP contribution is -2.47. The first-order valence-electron chi connectivity index (χ1n) is 6.47. The zero-order valence-corrected chi connectivity index (χ0v) is 12.3. The van der Waals surface area contributed by atoms with Crippen molar-refractivity contribution in [1.29, 1.82) is 0 Å². The maximum Gasteiger partial charge on any atom is 0.337 e. The summed E-state index contributed by atoms with van der Waals surface area (Å²) in [5.41, 5.74) is -0.491. The second-order valence-corrected chi connectivity index (χ2v) is 4.77. The van der Waals surface area contributed by atoms with E-state index in [0.717, 1.165) is 18.9 Å². The van der Waals surface area contributed by atoms with Crippen LogP contribution in [0.3, 0.4) is 0 Å². The van der Waals surface area contributed by atoms with Crippen LogP contribution in [0.2, 0.25) is 0 Å². The topological polar surface area (TPSA) is 108 Å². The van der Waals surface area contributed by atoms with Crippen LogP contribution in [0.15, 0.2) is 18.2 Å². The molecular formula is C14H20N2O5. The molecular weight excluding hydrogens is 276 g/mol. The van der Waals surface area contributed by atoms with Gasteiger partial charge in [0.1, 0.15) is 5.75 Å². The van der Waals surface area contributed by atoms with Crippen molar-refractivity contribution in [1.82, 2.24) is 5.32 Å². The third-order valence-electron chi connectivity index (χ3n) is 2.98. The summed E-state index contributed by atoms with van der Waals surface area (Å²) in [6, 6.07) is 4.62. The standard InChI is InChI=1S/C14H20N2O5/c1-4-9-5-6-10(7-11(9)21-3)16-13(19)15-8-14(2,20)12(17)18/h5-7,20H,4,8H2,1-3H3,(H,17,18)(H2,15,16,19). The van der Waals surface area contributed by atoms with Gasteiger partial charge in [0.15, 0.2) is 5.60 Å². The number of hydrogen-bond donors (Lipinski definition) is 4. The lowest BCUT2D eigenvalue weighted by molar-refractivity contribution is -0.155. The number of anilines is 1. The van der Waals surface area contributed by atoms with E-state index in [1.165, 1.54) is 0 Å².